The Morgan fingerprint density at radius 1 is 1.41 bits per heavy atom. The molecule has 1 fully saturated rings. The van der Waals surface area contributed by atoms with Crippen LogP contribution in [-0.2, 0) is 4.79 Å². The largest absolute Gasteiger partial charge is 0.352 e. The zero-order chi connectivity index (χ0) is 15.5. The lowest BCUT2D eigenvalue weighted by Gasteiger charge is -2.15. The zero-order valence-electron chi connectivity index (χ0n) is 11.6. The molecule has 2 aromatic rings. The predicted octanol–water partition coefficient (Wildman–Crippen LogP) is 2.22. The fourth-order valence-electron chi connectivity index (χ4n) is 2.02. The van der Waals surface area contributed by atoms with E-state index in [1.807, 2.05) is 17.5 Å². The first-order valence-corrected chi connectivity index (χ1v) is 8.54. The summed E-state index contributed by atoms with van der Waals surface area (Å²) in [7, 11) is 0. The third-order valence-corrected chi connectivity index (χ3v) is 5.19. The number of anilines is 1. The van der Waals surface area contributed by atoms with E-state index in [0.29, 0.717) is 11.0 Å². The van der Waals surface area contributed by atoms with E-state index in [2.05, 4.69) is 20.8 Å². The van der Waals surface area contributed by atoms with Crippen molar-refractivity contribution in [2.24, 2.45) is 5.73 Å². The topological polar surface area (TPSA) is 110 Å². The summed E-state index contributed by atoms with van der Waals surface area (Å²) < 4.78 is 0. The molecule has 1 atom stereocenters. The maximum atomic E-state index is 12.1. The molecule has 7 nitrogen and oxygen atoms in total. The van der Waals surface area contributed by atoms with Crippen LogP contribution in [0.25, 0.3) is 0 Å². The van der Waals surface area contributed by atoms with Gasteiger partial charge in [0.1, 0.15) is 5.01 Å². The van der Waals surface area contributed by atoms with Crippen molar-refractivity contribution < 1.29 is 9.59 Å². The molecule has 22 heavy (non-hydrogen) atoms. The predicted molar refractivity (Wildman–Crippen MR) is 84.9 cm³/mol. The molecule has 4 N–H and O–H groups in total. The lowest BCUT2D eigenvalue weighted by atomic mass is 10.1. The number of carbonyl (C=O) groups excluding carboxylic acids is 2. The van der Waals surface area contributed by atoms with Gasteiger partial charge in [0, 0.05) is 10.8 Å². The van der Waals surface area contributed by atoms with E-state index in [1.165, 1.54) is 22.7 Å². The van der Waals surface area contributed by atoms with Gasteiger partial charge in [-0.05, 0) is 24.3 Å². The quantitative estimate of drug-likeness (QED) is 0.750. The standard InChI is InChI=1S/C13H15N5O2S2/c14-12(20)15-8(9-2-1-5-21-9)6-10(19)16-13-18-17-11(22-13)7-3-4-7/h1-2,5,7-8H,3-4,6H2,(H3,14,15,20)(H,16,18,19). The second-order valence-electron chi connectivity index (χ2n) is 5.05. The van der Waals surface area contributed by atoms with Crippen LogP contribution in [-0.4, -0.2) is 22.1 Å². The molecule has 0 spiro atoms. The van der Waals surface area contributed by atoms with Crippen molar-refractivity contribution >= 4 is 39.7 Å². The van der Waals surface area contributed by atoms with Crippen molar-refractivity contribution in [3.8, 4) is 0 Å². The Morgan fingerprint density at radius 2 is 2.23 bits per heavy atom. The Kier molecular flexibility index (Phi) is 4.34. The molecule has 0 radical (unpaired) electrons. The third-order valence-electron chi connectivity index (χ3n) is 3.21. The fourth-order valence-corrected chi connectivity index (χ4v) is 3.73. The highest BCUT2D eigenvalue weighted by Crippen LogP contribution is 2.42. The first kappa shape index (κ1) is 14.9. The zero-order valence-corrected chi connectivity index (χ0v) is 13.2. The van der Waals surface area contributed by atoms with Crippen LogP contribution in [0.5, 0.6) is 0 Å². The number of rotatable bonds is 6. The summed E-state index contributed by atoms with van der Waals surface area (Å²) in [5.74, 6) is 0.282. The summed E-state index contributed by atoms with van der Waals surface area (Å²) in [6, 6.07) is 2.63. The normalized spacial score (nSPS) is 15.3. The third kappa shape index (κ3) is 3.80. The number of carbonyl (C=O) groups is 2. The molecule has 0 bridgehead atoms. The Bertz CT molecular complexity index is 666. The maximum absolute atomic E-state index is 12.1. The van der Waals surface area contributed by atoms with Gasteiger partial charge in [-0.1, -0.05) is 17.4 Å². The summed E-state index contributed by atoms with van der Waals surface area (Å²) in [6.07, 6.45) is 2.39. The minimum absolute atomic E-state index is 0.0990. The highest BCUT2D eigenvalue weighted by atomic mass is 32.1. The van der Waals surface area contributed by atoms with Gasteiger partial charge in [0.25, 0.3) is 0 Å². The van der Waals surface area contributed by atoms with Gasteiger partial charge in [0.05, 0.1) is 12.5 Å². The maximum Gasteiger partial charge on any atom is 0.312 e. The summed E-state index contributed by atoms with van der Waals surface area (Å²) >= 11 is 2.87. The molecule has 3 rings (SSSR count). The van der Waals surface area contributed by atoms with Gasteiger partial charge in [-0.3, -0.25) is 4.79 Å². The van der Waals surface area contributed by atoms with Gasteiger partial charge in [0.15, 0.2) is 0 Å². The highest BCUT2D eigenvalue weighted by molar-refractivity contribution is 7.15. The Hall–Kier alpha value is -2.00. The molecule has 3 amide bonds. The summed E-state index contributed by atoms with van der Waals surface area (Å²) in [4.78, 5) is 24.1. The molecule has 2 aromatic heterocycles. The molecule has 1 saturated carbocycles. The molecule has 0 saturated heterocycles. The van der Waals surface area contributed by atoms with Crippen molar-refractivity contribution in [1.82, 2.24) is 15.5 Å². The molecule has 1 aliphatic carbocycles. The number of thiophene rings is 1. The second kappa shape index (κ2) is 6.41. The average Bonchev–Trinajstić information content (AvgIpc) is 2.99. The average molecular weight is 337 g/mol. The monoisotopic (exact) mass is 337 g/mol. The van der Waals surface area contributed by atoms with Crippen molar-refractivity contribution in [3.05, 3.63) is 27.4 Å². The summed E-state index contributed by atoms with van der Waals surface area (Å²) in [5.41, 5.74) is 5.17. The second-order valence-corrected chi connectivity index (χ2v) is 7.04. The number of amides is 3. The van der Waals surface area contributed by atoms with Crippen LogP contribution in [0.15, 0.2) is 17.5 Å². The van der Waals surface area contributed by atoms with Crippen LogP contribution in [0.3, 0.4) is 0 Å². The molecule has 0 aliphatic heterocycles. The van der Waals surface area contributed by atoms with Crippen molar-refractivity contribution in [3.63, 3.8) is 0 Å². The number of aromatic nitrogens is 2. The van der Waals surface area contributed by atoms with E-state index in [1.54, 1.807) is 0 Å². The van der Waals surface area contributed by atoms with Gasteiger partial charge in [-0.2, -0.15) is 0 Å². The SMILES string of the molecule is NC(=O)NC(CC(=O)Nc1nnc(C2CC2)s1)c1cccs1. The van der Waals surface area contributed by atoms with Gasteiger partial charge in [-0.25, -0.2) is 4.79 Å². The van der Waals surface area contributed by atoms with Crippen LogP contribution in [0.1, 0.15) is 41.1 Å². The Balaban J connectivity index is 1.61. The van der Waals surface area contributed by atoms with Crippen LogP contribution in [0.2, 0.25) is 0 Å². The van der Waals surface area contributed by atoms with E-state index in [9.17, 15) is 9.59 Å². The van der Waals surface area contributed by atoms with E-state index >= 15 is 0 Å². The number of hydrogen-bond donors (Lipinski definition) is 3. The molecule has 1 aliphatic rings. The number of nitrogens with zero attached hydrogens (tertiary/aromatic N) is 2. The van der Waals surface area contributed by atoms with Gasteiger partial charge in [-0.15, -0.1) is 21.5 Å². The molecule has 9 heteroatoms. The lowest BCUT2D eigenvalue weighted by Crippen LogP contribution is -2.34. The summed E-state index contributed by atoms with van der Waals surface area (Å²) in [5, 5.41) is 16.7. The number of hydrogen-bond acceptors (Lipinski definition) is 6. The van der Waals surface area contributed by atoms with E-state index < -0.39 is 12.1 Å². The van der Waals surface area contributed by atoms with Crippen molar-refractivity contribution in [1.29, 1.82) is 0 Å². The van der Waals surface area contributed by atoms with Gasteiger partial charge < -0.3 is 16.4 Å². The van der Waals surface area contributed by atoms with Crippen LogP contribution in [0, 0.1) is 0 Å². The van der Waals surface area contributed by atoms with Gasteiger partial charge >= 0.3 is 6.03 Å². The van der Waals surface area contributed by atoms with Crippen LogP contribution < -0.4 is 16.4 Å². The minimum Gasteiger partial charge on any atom is -0.352 e. The highest BCUT2D eigenvalue weighted by Gasteiger charge is 2.28. The smallest absolute Gasteiger partial charge is 0.312 e. The molecule has 2 heterocycles. The summed E-state index contributed by atoms with van der Waals surface area (Å²) in [6.45, 7) is 0. The number of primary amides is 1. The Morgan fingerprint density at radius 3 is 2.86 bits per heavy atom. The molecular formula is C13H15N5O2S2. The number of urea groups is 1. The molecular weight excluding hydrogens is 322 g/mol. The molecule has 1 unspecified atom stereocenters. The van der Waals surface area contributed by atoms with Crippen molar-refractivity contribution in [2.75, 3.05) is 5.32 Å². The fraction of sp³-hybridized carbons (Fsp3) is 0.385. The first-order chi connectivity index (χ1) is 10.6. The van der Waals surface area contributed by atoms with E-state index in [4.69, 9.17) is 5.73 Å². The van der Waals surface area contributed by atoms with E-state index in [0.717, 1.165) is 22.7 Å². The molecule has 0 aromatic carbocycles. The van der Waals surface area contributed by atoms with Crippen LogP contribution >= 0.6 is 22.7 Å². The number of nitrogens with two attached hydrogens (primary N) is 1. The van der Waals surface area contributed by atoms with Gasteiger partial charge in [0.2, 0.25) is 11.0 Å². The lowest BCUT2D eigenvalue weighted by molar-refractivity contribution is -0.116. The first-order valence-electron chi connectivity index (χ1n) is 6.84. The van der Waals surface area contributed by atoms with Crippen molar-refractivity contribution in [2.45, 2.75) is 31.2 Å². The van der Waals surface area contributed by atoms with Crippen LogP contribution in [0.4, 0.5) is 9.93 Å². The number of nitrogens with one attached hydrogen (secondary N) is 2. The molecule has 116 valence electrons. The minimum atomic E-state index is -0.655. The Labute approximate surface area is 134 Å². The van der Waals surface area contributed by atoms with E-state index in [-0.39, 0.29) is 12.3 Å².